The number of ether oxygens (including phenoxy) is 1. The monoisotopic (exact) mass is 301 g/mol. The summed E-state index contributed by atoms with van der Waals surface area (Å²) in [6.45, 7) is 8.29. The minimum absolute atomic E-state index is 0.433. The van der Waals surface area contributed by atoms with Gasteiger partial charge in [-0.05, 0) is 81.1 Å². The molecular weight excluding hydrogens is 270 g/mol. The van der Waals surface area contributed by atoms with Crippen LogP contribution in [0.5, 0.6) is 5.75 Å². The zero-order chi connectivity index (χ0) is 15.4. The molecule has 0 atom stereocenters. The molecule has 2 nitrogen and oxygen atoms in total. The Labute approximate surface area is 135 Å². The van der Waals surface area contributed by atoms with E-state index in [0.29, 0.717) is 6.10 Å². The molecule has 2 heteroatoms. The summed E-state index contributed by atoms with van der Waals surface area (Å²) in [6.07, 6.45) is 8.19. The molecule has 1 saturated carbocycles. The van der Waals surface area contributed by atoms with Crippen molar-refractivity contribution in [3.63, 3.8) is 0 Å². The van der Waals surface area contributed by atoms with Crippen LogP contribution < -0.4 is 4.74 Å². The lowest BCUT2D eigenvalue weighted by Crippen LogP contribution is -2.32. The first kappa shape index (κ1) is 15.9. The molecule has 22 heavy (non-hydrogen) atoms. The molecular formula is C20H31NO. The summed E-state index contributed by atoms with van der Waals surface area (Å²) < 4.78 is 6.23. The molecule has 0 unspecified atom stereocenters. The van der Waals surface area contributed by atoms with E-state index in [1.807, 2.05) is 0 Å². The molecule has 0 N–H and O–H groups in total. The van der Waals surface area contributed by atoms with Crippen molar-refractivity contribution in [2.45, 2.75) is 65.0 Å². The van der Waals surface area contributed by atoms with Gasteiger partial charge >= 0.3 is 0 Å². The Kier molecular flexibility index (Phi) is 5.41. The Morgan fingerprint density at radius 1 is 0.955 bits per heavy atom. The molecule has 1 aromatic carbocycles. The second kappa shape index (κ2) is 7.50. The zero-order valence-corrected chi connectivity index (χ0v) is 14.3. The van der Waals surface area contributed by atoms with Crippen LogP contribution in [0.2, 0.25) is 0 Å². The standard InChI is InChI=1S/C20H31NO/c1-16-6-8-19(9-7-16)22-20-5-3-4-18(14-20)15-21-12-10-17(2)11-13-21/h3-5,14,16-17,19H,6-13,15H2,1-2H3. The Balaban J connectivity index is 1.53. The first-order valence-corrected chi connectivity index (χ1v) is 9.17. The highest BCUT2D eigenvalue weighted by atomic mass is 16.5. The number of hydrogen-bond donors (Lipinski definition) is 0. The molecule has 0 spiro atoms. The van der Waals surface area contributed by atoms with Gasteiger partial charge < -0.3 is 4.74 Å². The molecule has 1 aromatic rings. The van der Waals surface area contributed by atoms with Crippen LogP contribution in [-0.2, 0) is 6.54 Å². The van der Waals surface area contributed by atoms with Gasteiger partial charge in [-0.2, -0.15) is 0 Å². The molecule has 1 aliphatic heterocycles. The molecule has 1 saturated heterocycles. The molecule has 122 valence electrons. The fourth-order valence-corrected chi connectivity index (χ4v) is 3.74. The van der Waals surface area contributed by atoms with Crippen LogP contribution in [-0.4, -0.2) is 24.1 Å². The summed E-state index contributed by atoms with van der Waals surface area (Å²) in [4.78, 5) is 2.58. The lowest BCUT2D eigenvalue weighted by molar-refractivity contribution is 0.135. The van der Waals surface area contributed by atoms with E-state index in [9.17, 15) is 0 Å². The summed E-state index contributed by atoms with van der Waals surface area (Å²) in [5, 5.41) is 0. The molecule has 0 amide bonds. The van der Waals surface area contributed by atoms with Gasteiger partial charge in [0.2, 0.25) is 0 Å². The Morgan fingerprint density at radius 2 is 1.64 bits per heavy atom. The number of nitrogens with zero attached hydrogens (tertiary/aromatic N) is 1. The van der Waals surface area contributed by atoms with Gasteiger partial charge in [0.1, 0.15) is 5.75 Å². The van der Waals surface area contributed by atoms with Gasteiger partial charge in [-0.25, -0.2) is 0 Å². The fourth-order valence-electron chi connectivity index (χ4n) is 3.74. The predicted molar refractivity (Wildman–Crippen MR) is 92.2 cm³/mol. The quantitative estimate of drug-likeness (QED) is 0.786. The topological polar surface area (TPSA) is 12.5 Å². The number of benzene rings is 1. The summed E-state index contributed by atoms with van der Waals surface area (Å²) in [6, 6.07) is 8.78. The Bertz CT molecular complexity index is 417. The molecule has 0 bridgehead atoms. The van der Waals surface area contributed by atoms with Gasteiger partial charge in [0.05, 0.1) is 6.10 Å². The van der Waals surface area contributed by atoms with E-state index in [4.69, 9.17) is 4.74 Å². The number of piperidine rings is 1. The van der Waals surface area contributed by atoms with Crippen LogP contribution in [0.3, 0.4) is 0 Å². The lowest BCUT2D eigenvalue weighted by atomic mass is 9.89. The van der Waals surface area contributed by atoms with Crippen molar-refractivity contribution < 1.29 is 4.74 Å². The van der Waals surface area contributed by atoms with Crippen LogP contribution in [0.15, 0.2) is 24.3 Å². The third kappa shape index (κ3) is 4.49. The van der Waals surface area contributed by atoms with E-state index >= 15 is 0 Å². The van der Waals surface area contributed by atoms with Crippen molar-refractivity contribution >= 4 is 0 Å². The Hall–Kier alpha value is -1.02. The third-order valence-electron chi connectivity index (χ3n) is 5.45. The van der Waals surface area contributed by atoms with Gasteiger partial charge in [0, 0.05) is 6.54 Å². The van der Waals surface area contributed by atoms with Crippen molar-refractivity contribution in [2.75, 3.05) is 13.1 Å². The van der Waals surface area contributed by atoms with Gasteiger partial charge in [-0.3, -0.25) is 4.90 Å². The van der Waals surface area contributed by atoms with Crippen molar-refractivity contribution in [3.05, 3.63) is 29.8 Å². The van der Waals surface area contributed by atoms with Crippen molar-refractivity contribution in [3.8, 4) is 5.75 Å². The first-order valence-electron chi connectivity index (χ1n) is 9.17. The fraction of sp³-hybridized carbons (Fsp3) is 0.700. The molecule has 1 aliphatic carbocycles. The van der Waals surface area contributed by atoms with Gasteiger partial charge in [-0.15, -0.1) is 0 Å². The average Bonchev–Trinajstić information content (AvgIpc) is 2.52. The second-order valence-corrected chi connectivity index (χ2v) is 7.61. The van der Waals surface area contributed by atoms with Crippen molar-refractivity contribution in [1.82, 2.24) is 4.90 Å². The molecule has 2 fully saturated rings. The third-order valence-corrected chi connectivity index (χ3v) is 5.45. The molecule has 3 rings (SSSR count). The van der Waals surface area contributed by atoms with Crippen LogP contribution in [0.25, 0.3) is 0 Å². The smallest absolute Gasteiger partial charge is 0.120 e. The summed E-state index contributed by atoms with van der Waals surface area (Å²) in [5.74, 6) is 2.86. The highest BCUT2D eigenvalue weighted by Crippen LogP contribution is 2.28. The highest BCUT2D eigenvalue weighted by Gasteiger charge is 2.20. The highest BCUT2D eigenvalue weighted by molar-refractivity contribution is 5.28. The van der Waals surface area contributed by atoms with Crippen molar-refractivity contribution in [1.29, 1.82) is 0 Å². The van der Waals surface area contributed by atoms with Crippen molar-refractivity contribution in [2.24, 2.45) is 11.8 Å². The van der Waals surface area contributed by atoms with E-state index in [1.165, 1.54) is 57.2 Å². The number of hydrogen-bond acceptors (Lipinski definition) is 2. The lowest BCUT2D eigenvalue weighted by Gasteiger charge is -2.30. The largest absolute Gasteiger partial charge is 0.490 e. The zero-order valence-electron chi connectivity index (χ0n) is 14.3. The molecule has 0 aromatic heterocycles. The van der Waals surface area contributed by atoms with E-state index in [0.717, 1.165) is 24.1 Å². The van der Waals surface area contributed by atoms with E-state index in [1.54, 1.807) is 0 Å². The van der Waals surface area contributed by atoms with E-state index in [2.05, 4.69) is 43.0 Å². The SMILES string of the molecule is CC1CCC(Oc2cccc(CN3CCC(C)CC3)c2)CC1. The van der Waals surface area contributed by atoms with E-state index in [-0.39, 0.29) is 0 Å². The predicted octanol–water partition coefficient (Wildman–Crippen LogP) is 4.88. The van der Waals surface area contributed by atoms with Crippen LogP contribution in [0, 0.1) is 11.8 Å². The van der Waals surface area contributed by atoms with Gasteiger partial charge in [0.15, 0.2) is 0 Å². The van der Waals surface area contributed by atoms with Crippen LogP contribution in [0.4, 0.5) is 0 Å². The van der Waals surface area contributed by atoms with Crippen LogP contribution >= 0.6 is 0 Å². The second-order valence-electron chi connectivity index (χ2n) is 7.61. The maximum absolute atomic E-state index is 6.23. The normalized spacial score (nSPS) is 27.7. The molecule has 2 aliphatic rings. The molecule has 1 heterocycles. The summed E-state index contributed by atoms with van der Waals surface area (Å²) in [7, 11) is 0. The summed E-state index contributed by atoms with van der Waals surface area (Å²) >= 11 is 0. The number of likely N-dealkylation sites (tertiary alicyclic amines) is 1. The molecule has 0 radical (unpaired) electrons. The van der Waals surface area contributed by atoms with Gasteiger partial charge in [0.25, 0.3) is 0 Å². The van der Waals surface area contributed by atoms with Gasteiger partial charge in [-0.1, -0.05) is 26.0 Å². The maximum Gasteiger partial charge on any atom is 0.120 e. The minimum Gasteiger partial charge on any atom is -0.490 e. The maximum atomic E-state index is 6.23. The van der Waals surface area contributed by atoms with E-state index < -0.39 is 0 Å². The minimum atomic E-state index is 0.433. The summed E-state index contributed by atoms with van der Waals surface area (Å²) in [5.41, 5.74) is 1.40. The Morgan fingerprint density at radius 3 is 2.36 bits per heavy atom. The first-order chi connectivity index (χ1) is 10.7. The van der Waals surface area contributed by atoms with Crippen LogP contribution in [0.1, 0.15) is 57.9 Å². The number of rotatable bonds is 4. The average molecular weight is 301 g/mol.